The van der Waals surface area contributed by atoms with Gasteiger partial charge in [0, 0.05) is 29.9 Å². The number of amides is 1. The van der Waals surface area contributed by atoms with Crippen molar-refractivity contribution in [2.75, 3.05) is 18.2 Å². The summed E-state index contributed by atoms with van der Waals surface area (Å²) in [7, 11) is -3.69. The van der Waals surface area contributed by atoms with Gasteiger partial charge < -0.3 is 14.8 Å². The van der Waals surface area contributed by atoms with E-state index in [4.69, 9.17) is 9.47 Å². The predicted molar refractivity (Wildman–Crippen MR) is 115 cm³/mol. The lowest BCUT2D eigenvalue weighted by molar-refractivity contribution is -0.272. The van der Waals surface area contributed by atoms with Gasteiger partial charge >= 0.3 is 6.18 Å². The summed E-state index contributed by atoms with van der Waals surface area (Å²) in [5.41, 5.74) is -3.10. The Morgan fingerprint density at radius 1 is 1.26 bits per heavy atom. The van der Waals surface area contributed by atoms with Gasteiger partial charge in [-0.3, -0.25) is 9.78 Å². The van der Waals surface area contributed by atoms with E-state index in [0.717, 1.165) is 43.8 Å². The number of aromatic nitrogens is 1. The number of sulfone groups is 1. The lowest BCUT2D eigenvalue weighted by Gasteiger charge is -2.32. The SMILES string of the molecule is CCOc1c([C@@H]2[C@@H](C(=O)Nc3cncc(S(C)(=O)=O)c3)O[C@](C)(C(F)(F)F)[C@@H]2C)ccc(F)c1F. The molecule has 1 saturated heterocycles. The predicted octanol–water partition coefficient (Wildman–Crippen LogP) is 4.24. The molecule has 13 heteroatoms. The van der Waals surface area contributed by atoms with Gasteiger partial charge in [-0.2, -0.15) is 17.6 Å². The van der Waals surface area contributed by atoms with Crippen molar-refractivity contribution in [1.82, 2.24) is 4.98 Å². The Morgan fingerprint density at radius 2 is 1.91 bits per heavy atom. The molecule has 1 fully saturated rings. The Hall–Kier alpha value is -2.80. The summed E-state index contributed by atoms with van der Waals surface area (Å²) in [6, 6.07) is 2.87. The van der Waals surface area contributed by atoms with Crippen molar-refractivity contribution in [3.8, 4) is 5.75 Å². The molecule has 0 unspecified atom stereocenters. The fourth-order valence-electron chi connectivity index (χ4n) is 4.03. The first kappa shape index (κ1) is 26.8. The summed E-state index contributed by atoms with van der Waals surface area (Å²) in [5.74, 6) is -7.17. The van der Waals surface area contributed by atoms with E-state index >= 15 is 0 Å². The van der Waals surface area contributed by atoms with E-state index in [1.54, 1.807) is 0 Å². The molecule has 2 aromatic rings. The summed E-state index contributed by atoms with van der Waals surface area (Å²) in [6.07, 6.45) is -3.67. The zero-order valence-electron chi connectivity index (χ0n) is 19.1. The number of carbonyl (C=O) groups is 1. The maximum absolute atomic E-state index is 14.6. The molecule has 0 radical (unpaired) electrons. The standard InChI is InChI=1S/C22H23F5N2O5S/c1-5-33-18-14(6-7-15(23)17(18)24)16-11(2)21(3,22(25,26)27)34-19(16)20(30)29-12-8-13(10-28-9-12)35(4,31)32/h6-11,16,19H,5H2,1-4H3,(H,29,30)/t11-,16-,19+,21+/m1/s1. The highest BCUT2D eigenvalue weighted by Gasteiger charge is 2.65. The lowest BCUT2D eigenvalue weighted by atomic mass is 9.77. The van der Waals surface area contributed by atoms with Gasteiger partial charge in [0.2, 0.25) is 5.82 Å². The molecule has 1 aliphatic rings. The molecule has 0 aliphatic carbocycles. The molecule has 1 aromatic heterocycles. The first-order valence-corrected chi connectivity index (χ1v) is 12.3. The van der Waals surface area contributed by atoms with Crippen LogP contribution in [0.2, 0.25) is 0 Å². The second kappa shape index (κ2) is 9.34. The number of carbonyl (C=O) groups excluding carboxylic acids is 1. The van der Waals surface area contributed by atoms with Gasteiger partial charge in [-0.1, -0.05) is 13.0 Å². The molecular weight excluding hydrogens is 499 g/mol. The third kappa shape index (κ3) is 4.96. The van der Waals surface area contributed by atoms with Gasteiger partial charge in [0.05, 0.1) is 23.4 Å². The second-order valence-electron chi connectivity index (χ2n) is 8.34. The number of pyridine rings is 1. The van der Waals surface area contributed by atoms with Crippen LogP contribution in [-0.2, 0) is 19.4 Å². The Kier molecular flexibility index (Phi) is 7.15. The van der Waals surface area contributed by atoms with E-state index in [9.17, 15) is 35.2 Å². The van der Waals surface area contributed by atoms with Crippen LogP contribution in [0.4, 0.5) is 27.6 Å². The second-order valence-corrected chi connectivity index (χ2v) is 10.4. The van der Waals surface area contributed by atoms with Crippen molar-refractivity contribution >= 4 is 21.4 Å². The molecule has 192 valence electrons. The van der Waals surface area contributed by atoms with Crippen LogP contribution in [0.5, 0.6) is 5.75 Å². The summed E-state index contributed by atoms with van der Waals surface area (Å²) in [4.78, 5) is 16.6. The topological polar surface area (TPSA) is 94.6 Å². The van der Waals surface area contributed by atoms with E-state index < -0.39 is 62.8 Å². The number of nitrogens with one attached hydrogen (secondary N) is 1. The van der Waals surface area contributed by atoms with Crippen LogP contribution in [0.3, 0.4) is 0 Å². The summed E-state index contributed by atoms with van der Waals surface area (Å²) in [6.45, 7) is 3.32. The highest BCUT2D eigenvalue weighted by molar-refractivity contribution is 7.90. The van der Waals surface area contributed by atoms with Crippen LogP contribution < -0.4 is 10.1 Å². The molecule has 0 spiro atoms. The van der Waals surface area contributed by atoms with Crippen molar-refractivity contribution in [3.05, 3.63) is 47.8 Å². The van der Waals surface area contributed by atoms with E-state index in [2.05, 4.69) is 10.3 Å². The summed E-state index contributed by atoms with van der Waals surface area (Å²) >= 11 is 0. The average Bonchev–Trinajstić information content (AvgIpc) is 3.03. The molecule has 4 atom stereocenters. The Balaban J connectivity index is 2.10. The lowest BCUT2D eigenvalue weighted by Crippen LogP contribution is -2.47. The number of ether oxygens (including phenoxy) is 2. The normalized spacial score (nSPS) is 24.9. The molecular formula is C22H23F5N2O5S. The summed E-state index contributed by atoms with van der Waals surface area (Å²) in [5, 5.41) is 2.32. The van der Waals surface area contributed by atoms with Crippen LogP contribution in [0.15, 0.2) is 35.5 Å². The number of anilines is 1. The van der Waals surface area contributed by atoms with Crippen LogP contribution in [-0.4, -0.2) is 50.1 Å². The minimum atomic E-state index is -4.91. The molecule has 2 heterocycles. The van der Waals surface area contributed by atoms with Crippen LogP contribution in [0, 0.1) is 17.6 Å². The Labute approximate surface area is 198 Å². The molecule has 7 nitrogen and oxygen atoms in total. The van der Waals surface area contributed by atoms with Crippen molar-refractivity contribution in [2.24, 2.45) is 5.92 Å². The zero-order valence-corrected chi connectivity index (χ0v) is 19.9. The Morgan fingerprint density at radius 3 is 2.49 bits per heavy atom. The van der Waals surface area contributed by atoms with Gasteiger partial charge in [0.15, 0.2) is 27.0 Å². The van der Waals surface area contributed by atoms with E-state index in [1.165, 1.54) is 13.8 Å². The van der Waals surface area contributed by atoms with Crippen LogP contribution >= 0.6 is 0 Å². The number of rotatable bonds is 6. The van der Waals surface area contributed by atoms with E-state index in [0.29, 0.717) is 0 Å². The third-order valence-corrected chi connectivity index (χ3v) is 7.14. The van der Waals surface area contributed by atoms with Gasteiger partial charge in [-0.15, -0.1) is 0 Å². The van der Waals surface area contributed by atoms with Crippen LogP contribution in [0.25, 0.3) is 0 Å². The van der Waals surface area contributed by atoms with E-state index in [-0.39, 0.29) is 22.8 Å². The number of hydrogen-bond donors (Lipinski definition) is 1. The number of halogens is 5. The number of benzene rings is 1. The van der Waals surface area contributed by atoms with Crippen molar-refractivity contribution < 1.29 is 44.6 Å². The van der Waals surface area contributed by atoms with Gasteiger partial charge in [-0.05, 0) is 26.0 Å². The number of hydrogen-bond acceptors (Lipinski definition) is 6. The molecule has 35 heavy (non-hydrogen) atoms. The molecule has 1 N–H and O–H groups in total. The molecule has 0 saturated carbocycles. The highest BCUT2D eigenvalue weighted by Crippen LogP contribution is 2.55. The smallest absolute Gasteiger partial charge is 0.417 e. The average molecular weight is 522 g/mol. The number of nitrogens with zero attached hydrogens (tertiary/aromatic N) is 1. The largest absolute Gasteiger partial charge is 0.490 e. The molecule has 0 bridgehead atoms. The molecule has 1 aromatic carbocycles. The molecule has 1 amide bonds. The maximum atomic E-state index is 14.6. The Bertz CT molecular complexity index is 1240. The molecule has 3 rings (SSSR count). The zero-order chi connectivity index (χ0) is 26.3. The van der Waals surface area contributed by atoms with Crippen molar-refractivity contribution in [3.63, 3.8) is 0 Å². The highest BCUT2D eigenvalue weighted by atomic mass is 32.2. The minimum Gasteiger partial charge on any atom is -0.490 e. The first-order chi connectivity index (χ1) is 16.1. The van der Waals surface area contributed by atoms with Gasteiger partial charge in [-0.25, -0.2) is 12.8 Å². The fourth-order valence-corrected chi connectivity index (χ4v) is 4.62. The van der Waals surface area contributed by atoms with Crippen LogP contribution in [0.1, 0.15) is 32.3 Å². The maximum Gasteiger partial charge on any atom is 0.417 e. The fraction of sp³-hybridized carbons (Fsp3) is 0.455. The number of alkyl halides is 3. The van der Waals surface area contributed by atoms with Gasteiger partial charge in [0.1, 0.15) is 6.10 Å². The first-order valence-electron chi connectivity index (χ1n) is 10.4. The van der Waals surface area contributed by atoms with Crippen molar-refractivity contribution in [2.45, 2.75) is 49.5 Å². The summed E-state index contributed by atoms with van der Waals surface area (Å²) < 4.78 is 105. The monoisotopic (exact) mass is 522 g/mol. The van der Waals surface area contributed by atoms with E-state index in [1.807, 2.05) is 0 Å². The van der Waals surface area contributed by atoms with Gasteiger partial charge in [0.25, 0.3) is 5.91 Å². The quantitative estimate of drug-likeness (QED) is 0.571. The van der Waals surface area contributed by atoms with Crippen molar-refractivity contribution in [1.29, 1.82) is 0 Å². The third-order valence-electron chi connectivity index (χ3n) is 6.06. The minimum absolute atomic E-state index is 0.108. The molecule has 1 aliphatic heterocycles.